The molecule has 0 aliphatic carbocycles. The van der Waals surface area contributed by atoms with Crippen LogP contribution in [0, 0.1) is 12.8 Å². The van der Waals surface area contributed by atoms with Crippen LogP contribution in [0.5, 0.6) is 5.88 Å². The first kappa shape index (κ1) is 20.4. The molecule has 142 valence electrons. The predicted octanol–water partition coefficient (Wildman–Crippen LogP) is 4.71. The molecule has 1 unspecified atom stereocenters. The number of aliphatic hydroxyl groups excluding tert-OH is 1. The number of rotatable bonds is 8. The van der Waals surface area contributed by atoms with Gasteiger partial charge in [-0.2, -0.15) is 0 Å². The van der Waals surface area contributed by atoms with Crippen molar-refractivity contribution in [2.75, 3.05) is 13.2 Å². The lowest BCUT2D eigenvalue weighted by molar-refractivity contribution is 0.220. The molecule has 1 N–H and O–H groups in total. The molecule has 0 radical (unpaired) electrons. The van der Waals surface area contributed by atoms with Crippen LogP contribution in [0.2, 0.25) is 0 Å². The van der Waals surface area contributed by atoms with Crippen LogP contribution in [0.1, 0.15) is 63.1 Å². The molecule has 2 rings (SSSR count). The van der Waals surface area contributed by atoms with E-state index < -0.39 is 0 Å². The average Bonchev–Trinajstić information content (AvgIpc) is 2.66. The summed E-state index contributed by atoms with van der Waals surface area (Å²) in [5.74, 6) is 1.16. The van der Waals surface area contributed by atoms with Gasteiger partial charge in [0.05, 0.1) is 18.0 Å². The molecule has 2 aromatic heterocycles. The number of hydrogen-bond donors (Lipinski definition) is 1. The number of ether oxygens (including phenoxy) is 1. The molecule has 0 aliphatic heterocycles. The van der Waals surface area contributed by atoms with Gasteiger partial charge in [-0.1, -0.05) is 33.8 Å². The molecule has 0 bridgehead atoms. The highest BCUT2D eigenvalue weighted by atomic mass is 16.5. The maximum absolute atomic E-state index is 9.51. The Bertz CT molecular complexity index is 743. The van der Waals surface area contributed by atoms with Crippen molar-refractivity contribution in [3.05, 3.63) is 40.7 Å². The Balaban J connectivity index is 2.55. The van der Waals surface area contributed by atoms with E-state index in [2.05, 4.69) is 51.7 Å². The second-order valence-electron chi connectivity index (χ2n) is 6.90. The summed E-state index contributed by atoms with van der Waals surface area (Å²) in [5, 5.41) is 9.51. The SMILES string of the molecule is CCOc1ccc(-c2nc(C)c(C(C)[C@@H](C)CO)cc2CC)c(CC)n1. The Kier molecular flexibility index (Phi) is 7.15. The van der Waals surface area contributed by atoms with Crippen molar-refractivity contribution < 1.29 is 9.84 Å². The minimum absolute atomic E-state index is 0.187. The maximum atomic E-state index is 9.51. The van der Waals surface area contributed by atoms with Crippen molar-refractivity contribution in [3.8, 4) is 17.1 Å². The highest BCUT2D eigenvalue weighted by Crippen LogP contribution is 2.33. The first-order valence-electron chi connectivity index (χ1n) is 9.70. The number of pyridine rings is 2. The highest BCUT2D eigenvalue weighted by Gasteiger charge is 2.20. The van der Waals surface area contributed by atoms with Crippen molar-refractivity contribution in [3.63, 3.8) is 0 Å². The van der Waals surface area contributed by atoms with Crippen LogP contribution in [-0.2, 0) is 12.8 Å². The summed E-state index contributed by atoms with van der Waals surface area (Å²) in [7, 11) is 0. The van der Waals surface area contributed by atoms with Gasteiger partial charge in [0.25, 0.3) is 0 Å². The lowest BCUT2D eigenvalue weighted by Gasteiger charge is -2.22. The number of hydrogen-bond acceptors (Lipinski definition) is 4. The standard InChI is InChI=1S/C22H32N2O2/c1-7-17-12-19(15(5)14(4)13-25)16(6)23-22(17)18-10-11-21(26-9-3)24-20(18)8-2/h10-12,14-15,25H,7-9,13H2,1-6H3/t14-,15?/m0/s1. The number of aliphatic hydroxyl groups is 1. The van der Waals surface area contributed by atoms with Gasteiger partial charge in [-0.15, -0.1) is 0 Å². The van der Waals surface area contributed by atoms with E-state index in [0.29, 0.717) is 12.5 Å². The summed E-state index contributed by atoms with van der Waals surface area (Å²) in [4.78, 5) is 9.64. The van der Waals surface area contributed by atoms with Crippen molar-refractivity contribution in [1.29, 1.82) is 0 Å². The molecule has 0 saturated heterocycles. The van der Waals surface area contributed by atoms with Crippen LogP contribution >= 0.6 is 0 Å². The highest BCUT2D eigenvalue weighted by molar-refractivity contribution is 5.67. The Morgan fingerprint density at radius 1 is 1.08 bits per heavy atom. The summed E-state index contributed by atoms with van der Waals surface area (Å²) < 4.78 is 5.55. The molecule has 2 heterocycles. The van der Waals surface area contributed by atoms with E-state index in [1.54, 1.807) is 0 Å². The van der Waals surface area contributed by atoms with Gasteiger partial charge >= 0.3 is 0 Å². The van der Waals surface area contributed by atoms with Crippen LogP contribution in [-0.4, -0.2) is 28.3 Å². The van der Waals surface area contributed by atoms with Crippen LogP contribution < -0.4 is 4.74 Å². The number of aromatic nitrogens is 2. The molecule has 4 nitrogen and oxygen atoms in total. The summed E-state index contributed by atoms with van der Waals surface area (Å²) in [6, 6.07) is 6.28. The van der Waals surface area contributed by atoms with Crippen LogP contribution in [0.25, 0.3) is 11.3 Å². The zero-order valence-corrected chi connectivity index (χ0v) is 17.0. The predicted molar refractivity (Wildman–Crippen MR) is 107 cm³/mol. The van der Waals surface area contributed by atoms with Gasteiger partial charge in [0.1, 0.15) is 0 Å². The van der Waals surface area contributed by atoms with E-state index in [0.717, 1.165) is 35.5 Å². The van der Waals surface area contributed by atoms with Crippen molar-refractivity contribution in [2.24, 2.45) is 5.92 Å². The smallest absolute Gasteiger partial charge is 0.213 e. The second kappa shape index (κ2) is 9.13. The maximum Gasteiger partial charge on any atom is 0.213 e. The van der Waals surface area contributed by atoms with E-state index in [1.165, 1.54) is 11.1 Å². The zero-order valence-electron chi connectivity index (χ0n) is 17.0. The minimum Gasteiger partial charge on any atom is -0.478 e. The third-order valence-electron chi connectivity index (χ3n) is 5.18. The lowest BCUT2D eigenvalue weighted by atomic mass is 9.86. The molecule has 0 aliphatic rings. The van der Waals surface area contributed by atoms with Gasteiger partial charge < -0.3 is 9.84 Å². The van der Waals surface area contributed by atoms with E-state index in [4.69, 9.17) is 9.72 Å². The van der Waals surface area contributed by atoms with Gasteiger partial charge in [-0.25, -0.2) is 4.98 Å². The van der Waals surface area contributed by atoms with E-state index >= 15 is 0 Å². The summed E-state index contributed by atoms with van der Waals surface area (Å²) >= 11 is 0. The fourth-order valence-electron chi connectivity index (χ4n) is 3.29. The number of aryl methyl sites for hydroxylation is 3. The molecule has 2 atom stereocenters. The molecule has 0 aromatic carbocycles. The third kappa shape index (κ3) is 4.24. The molecule has 26 heavy (non-hydrogen) atoms. The fraction of sp³-hybridized carbons (Fsp3) is 0.545. The molecule has 0 spiro atoms. The van der Waals surface area contributed by atoms with Gasteiger partial charge in [0.2, 0.25) is 5.88 Å². The van der Waals surface area contributed by atoms with E-state index in [1.807, 2.05) is 13.0 Å². The number of nitrogens with zero attached hydrogens (tertiary/aromatic N) is 2. The zero-order chi connectivity index (χ0) is 19.3. The quantitative estimate of drug-likeness (QED) is 0.744. The summed E-state index contributed by atoms with van der Waals surface area (Å²) in [6.45, 7) is 13.3. The molecule has 0 saturated carbocycles. The Labute approximate surface area is 157 Å². The average molecular weight is 357 g/mol. The van der Waals surface area contributed by atoms with Crippen molar-refractivity contribution >= 4 is 0 Å². The van der Waals surface area contributed by atoms with Gasteiger partial charge in [0.15, 0.2) is 0 Å². The van der Waals surface area contributed by atoms with Crippen molar-refractivity contribution in [1.82, 2.24) is 9.97 Å². The lowest BCUT2D eigenvalue weighted by Crippen LogP contribution is -2.13. The van der Waals surface area contributed by atoms with E-state index in [-0.39, 0.29) is 18.4 Å². The summed E-state index contributed by atoms with van der Waals surface area (Å²) in [6.07, 6.45) is 1.74. The second-order valence-corrected chi connectivity index (χ2v) is 6.90. The molecule has 2 aromatic rings. The minimum atomic E-state index is 0.187. The monoisotopic (exact) mass is 356 g/mol. The molecular formula is C22H32N2O2. The van der Waals surface area contributed by atoms with Crippen LogP contribution in [0.4, 0.5) is 0 Å². The molecule has 0 amide bonds. The first-order valence-corrected chi connectivity index (χ1v) is 9.70. The largest absolute Gasteiger partial charge is 0.478 e. The Morgan fingerprint density at radius 2 is 1.81 bits per heavy atom. The Hall–Kier alpha value is -1.94. The first-order chi connectivity index (χ1) is 12.5. The van der Waals surface area contributed by atoms with Gasteiger partial charge in [-0.3, -0.25) is 4.98 Å². The normalized spacial score (nSPS) is 13.5. The third-order valence-corrected chi connectivity index (χ3v) is 5.18. The van der Waals surface area contributed by atoms with Crippen molar-refractivity contribution in [2.45, 2.75) is 60.3 Å². The molecule has 4 heteroatoms. The molecular weight excluding hydrogens is 324 g/mol. The van der Waals surface area contributed by atoms with E-state index in [9.17, 15) is 5.11 Å². The van der Waals surface area contributed by atoms with Crippen LogP contribution in [0.15, 0.2) is 18.2 Å². The van der Waals surface area contributed by atoms with Gasteiger partial charge in [0, 0.05) is 23.9 Å². The topological polar surface area (TPSA) is 55.2 Å². The van der Waals surface area contributed by atoms with Gasteiger partial charge in [-0.05, 0) is 55.7 Å². The summed E-state index contributed by atoms with van der Waals surface area (Å²) in [5.41, 5.74) is 6.60. The Morgan fingerprint density at radius 3 is 2.38 bits per heavy atom. The fourth-order valence-corrected chi connectivity index (χ4v) is 3.29. The van der Waals surface area contributed by atoms with Crippen LogP contribution in [0.3, 0.4) is 0 Å². The molecule has 0 fully saturated rings.